The van der Waals surface area contributed by atoms with Gasteiger partial charge in [-0.25, -0.2) is 9.97 Å². The lowest BCUT2D eigenvalue weighted by Gasteiger charge is -2.46. The van der Waals surface area contributed by atoms with Crippen LogP contribution in [-0.2, 0) is 15.9 Å². The van der Waals surface area contributed by atoms with Crippen molar-refractivity contribution in [3.05, 3.63) is 53.6 Å². The Bertz CT molecular complexity index is 1290. The third-order valence-electron chi connectivity index (χ3n) is 8.54. The lowest BCUT2D eigenvalue weighted by Crippen LogP contribution is -2.50. The van der Waals surface area contributed by atoms with Crippen molar-refractivity contribution < 1.29 is 14.2 Å². The Hall–Kier alpha value is -2.98. The van der Waals surface area contributed by atoms with E-state index in [1.807, 2.05) is 12.1 Å². The van der Waals surface area contributed by atoms with Crippen molar-refractivity contribution in [2.45, 2.75) is 12.5 Å². The lowest BCUT2D eigenvalue weighted by molar-refractivity contribution is 0.0322. The highest BCUT2D eigenvalue weighted by Crippen LogP contribution is 2.43. The average molecular weight is 531 g/mol. The molecule has 206 valence electrons. The Morgan fingerprint density at radius 3 is 2.21 bits per heavy atom. The van der Waals surface area contributed by atoms with Crippen LogP contribution in [0.5, 0.6) is 5.75 Å². The molecule has 1 unspecified atom stereocenters. The number of aromatic nitrogens is 2. The molecule has 0 aliphatic carbocycles. The van der Waals surface area contributed by atoms with E-state index in [0.29, 0.717) is 6.61 Å². The van der Waals surface area contributed by atoms with Gasteiger partial charge in [0.1, 0.15) is 12.4 Å². The van der Waals surface area contributed by atoms with Gasteiger partial charge < -0.3 is 24.0 Å². The molecular formula is C30H38N6O3. The molecule has 9 nitrogen and oxygen atoms in total. The van der Waals surface area contributed by atoms with Crippen LogP contribution in [-0.4, -0.2) is 112 Å². The summed E-state index contributed by atoms with van der Waals surface area (Å²) in [6.45, 7) is 12.6. The summed E-state index contributed by atoms with van der Waals surface area (Å²) in [5.74, 6) is 2.98. The topological polar surface area (TPSA) is 66.4 Å². The van der Waals surface area contributed by atoms with Crippen LogP contribution in [0.1, 0.15) is 17.2 Å². The van der Waals surface area contributed by atoms with Gasteiger partial charge in [-0.2, -0.15) is 0 Å². The van der Waals surface area contributed by atoms with Crippen molar-refractivity contribution in [3.8, 4) is 5.75 Å². The number of morpholine rings is 2. The largest absolute Gasteiger partial charge is 0.492 e. The molecule has 9 heteroatoms. The standard InChI is InChI=1S/C30H38N6O3/c1-2-4-27-26(3-1)31-29-30(32-27)36-8-7-23-5-6-24(39-20-15-34-13-18-38-19-14-34)21-25(23)28(36)22-35(29)10-9-33-11-16-37-17-12-33/h1-6,21,28H,7-20,22H2. The van der Waals surface area contributed by atoms with Crippen LogP contribution in [0.4, 0.5) is 11.6 Å². The van der Waals surface area contributed by atoms with Crippen molar-refractivity contribution in [2.75, 3.05) is 102 Å². The number of rotatable bonds is 7. The summed E-state index contributed by atoms with van der Waals surface area (Å²) in [7, 11) is 0. The highest BCUT2D eigenvalue weighted by atomic mass is 16.5. The van der Waals surface area contributed by atoms with E-state index in [2.05, 4.69) is 49.9 Å². The molecule has 1 atom stereocenters. The third-order valence-corrected chi connectivity index (χ3v) is 8.54. The first-order chi connectivity index (χ1) is 19.3. The predicted octanol–water partition coefficient (Wildman–Crippen LogP) is 2.60. The minimum atomic E-state index is 0.226. The molecule has 3 aromatic rings. The number of benzene rings is 2. The van der Waals surface area contributed by atoms with E-state index in [1.165, 1.54) is 11.1 Å². The number of fused-ring (bicyclic) bond motifs is 6. The summed E-state index contributed by atoms with van der Waals surface area (Å²) in [5, 5.41) is 0. The number of nitrogens with zero attached hydrogens (tertiary/aromatic N) is 6. The molecule has 7 rings (SSSR count). The molecule has 0 amide bonds. The monoisotopic (exact) mass is 530 g/mol. The molecular weight excluding hydrogens is 492 g/mol. The normalized spacial score (nSPS) is 21.9. The van der Waals surface area contributed by atoms with Crippen molar-refractivity contribution in [3.63, 3.8) is 0 Å². The highest BCUT2D eigenvalue weighted by molar-refractivity contribution is 5.82. The molecule has 0 radical (unpaired) electrons. The number of hydrogen-bond acceptors (Lipinski definition) is 9. The number of para-hydroxylation sites is 2. The van der Waals surface area contributed by atoms with Crippen LogP contribution >= 0.6 is 0 Å². The maximum Gasteiger partial charge on any atom is 0.173 e. The third kappa shape index (κ3) is 5.28. The molecule has 2 aromatic carbocycles. The second kappa shape index (κ2) is 11.3. The van der Waals surface area contributed by atoms with Crippen molar-refractivity contribution >= 4 is 22.7 Å². The summed E-state index contributed by atoms with van der Waals surface area (Å²) in [6.07, 6.45) is 1.00. The van der Waals surface area contributed by atoms with E-state index >= 15 is 0 Å². The fraction of sp³-hybridized carbons (Fsp3) is 0.533. The second-order valence-electron chi connectivity index (χ2n) is 10.9. The van der Waals surface area contributed by atoms with E-state index in [0.717, 1.165) is 120 Å². The quantitative estimate of drug-likeness (QED) is 0.459. The minimum absolute atomic E-state index is 0.226. The van der Waals surface area contributed by atoms with Gasteiger partial charge in [0.2, 0.25) is 0 Å². The summed E-state index contributed by atoms with van der Waals surface area (Å²) in [4.78, 5) is 20.2. The summed E-state index contributed by atoms with van der Waals surface area (Å²) >= 11 is 0. The van der Waals surface area contributed by atoms with Crippen LogP contribution in [0.15, 0.2) is 42.5 Å². The Labute approximate surface area is 230 Å². The van der Waals surface area contributed by atoms with E-state index in [-0.39, 0.29) is 6.04 Å². The molecule has 0 spiro atoms. The Morgan fingerprint density at radius 1 is 0.769 bits per heavy atom. The van der Waals surface area contributed by atoms with Gasteiger partial charge in [-0.1, -0.05) is 18.2 Å². The minimum Gasteiger partial charge on any atom is -0.492 e. The van der Waals surface area contributed by atoms with Crippen LogP contribution in [0.3, 0.4) is 0 Å². The van der Waals surface area contributed by atoms with Crippen molar-refractivity contribution in [1.82, 2.24) is 19.8 Å². The van der Waals surface area contributed by atoms with Gasteiger partial charge in [0, 0.05) is 58.9 Å². The zero-order chi connectivity index (χ0) is 26.0. The van der Waals surface area contributed by atoms with Crippen LogP contribution in [0.2, 0.25) is 0 Å². The maximum atomic E-state index is 6.27. The molecule has 0 saturated carbocycles. The van der Waals surface area contributed by atoms with Crippen LogP contribution in [0.25, 0.3) is 11.0 Å². The molecule has 1 aromatic heterocycles. The number of anilines is 2. The molecule has 0 N–H and O–H groups in total. The van der Waals surface area contributed by atoms with Gasteiger partial charge in [-0.05, 0) is 41.8 Å². The first-order valence-electron chi connectivity index (χ1n) is 14.5. The van der Waals surface area contributed by atoms with Crippen molar-refractivity contribution in [1.29, 1.82) is 0 Å². The molecule has 2 saturated heterocycles. The number of ether oxygens (including phenoxy) is 3. The molecule has 0 bridgehead atoms. The first-order valence-corrected chi connectivity index (χ1v) is 14.5. The van der Waals surface area contributed by atoms with E-state index in [9.17, 15) is 0 Å². The molecule has 5 heterocycles. The van der Waals surface area contributed by atoms with Crippen molar-refractivity contribution in [2.24, 2.45) is 0 Å². The summed E-state index contributed by atoms with van der Waals surface area (Å²) < 4.78 is 17.3. The zero-order valence-corrected chi connectivity index (χ0v) is 22.6. The second-order valence-corrected chi connectivity index (χ2v) is 10.9. The highest BCUT2D eigenvalue weighted by Gasteiger charge is 2.38. The Balaban J connectivity index is 1.15. The van der Waals surface area contributed by atoms with Crippen LogP contribution < -0.4 is 14.5 Å². The Kier molecular flexibility index (Phi) is 7.22. The van der Waals surface area contributed by atoms with Crippen LogP contribution in [0, 0.1) is 0 Å². The molecule has 4 aliphatic rings. The fourth-order valence-corrected chi connectivity index (χ4v) is 6.30. The molecule has 2 fully saturated rings. The Morgan fingerprint density at radius 2 is 1.46 bits per heavy atom. The van der Waals surface area contributed by atoms with E-state index in [4.69, 9.17) is 24.2 Å². The first kappa shape index (κ1) is 25.0. The fourth-order valence-electron chi connectivity index (χ4n) is 6.30. The smallest absolute Gasteiger partial charge is 0.173 e. The van der Waals surface area contributed by atoms with E-state index < -0.39 is 0 Å². The SMILES string of the molecule is c1ccc2nc3c(nc2c1)N(CCN1CCOCC1)CC1c2cc(OCCN4CCOCC4)ccc2CCN31. The number of hydrogen-bond donors (Lipinski definition) is 0. The van der Waals surface area contributed by atoms with Gasteiger partial charge in [-0.3, -0.25) is 9.80 Å². The predicted molar refractivity (Wildman–Crippen MR) is 152 cm³/mol. The summed E-state index contributed by atoms with van der Waals surface area (Å²) in [6, 6.07) is 15.2. The van der Waals surface area contributed by atoms with Gasteiger partial charge in [0.15, 0.2) is 11.6 Å². The van der Waals surface area contributed by atoms with E-state index in [1.54, 1.807) is 0 Å². The van der Waals surface area contributed by atoms with Gasteiger partial charge >= 0.3 is 0 Å². The molecule has 4 aliphatic heterocycles. The van der Waals surface area contributed by atoms with Gasteiger partial charge in [0.25, 0.3) is 0 Å². The zero-order valence-electron chi connectivity index (χ0n) is 22.6. The lowest BCUT2D eigenvalue weighted by atomic mass is 9.90. The van der Waals surface area contributed by atoms with Gasteiger partial charge in [0.05, 0.1) is 43.5 Å². The maximum absolute atomic E-state index is 6.27. The molecule has 39 heavy (non-hydrogen) atoms. The average Bonchev–Trinajstić information content (AvgIpc) is 3.00. The van der Waals surface area contributed by atoms with Gasteiger partial charge in [-0.15, -0.1) is 0 Å². The summed E-state index contributed by atoms with van der Waals surface area (Å²) in [5.41, 5.74) is 4.69.